The largest absolute Gasteiger partial charge is 0.417 e. The first-order valence-corrected chi connectivity index (χ1v) is 10.7. The van der Waals surface area contributed by atoms with E-state index in [1.54, 1.807) is 31.3 Å². The third-order valence-electron chi connectivity index (χ3n) is 4.92. The molecule has 0 saturated carbocycles. The zero-order chi connectivity index (χ0) is 23.2. The first kappa shape index (κ1) is 22.2. The van der Waals surface area contributed by atoms with Gasteiger partial charge in [0.15, 0.2) is 5.65 Å². The maximum atomic E-state index is 13.5. The van der Waals surface area contributed by atoms with Gasteiger partial charge in [0.25, 0.3) is 5.56 Å². The zero-order valence-corrected chi connectivity index (χ0v) is 17.9. The van der Waals surface area contributed by atoms with Crippen molar-refractivity contribution in [1.82, 2.24) is 24.1 Å². The molecule has 8 nitrogen and oxygen atoms in total. The zero-order valence-electron chi connectivity index (χ0n) is 16.4. The van der Waals surface area contributed by atoms with E-state index in [1.165, 1.54) is 9.08 Å². The molecule has 1 aromatic carbocycles. The van der Waals surface area contributed by atoms with Crippen LogP contribution in [0.3, 0.4) is 0 Å². The van der Waals surface area contributed by atoms with Gasteiger partial charge in [-0.2, -0.15) is 13.2 Å². The first-order valence-electron chi connectivity index (χ1n) is 9.36. The Morgan fingerprint density at radius 1 is 1.22 bits per heavy atom. The van der Waals surface area contributed by atoms with Crippen LogP contribution in [-0.2, 0) is 6.18 Å². The minimum atomic E-state index is -4.81. The van der Waals surface area contributed by atoms with Crippen molar-refractivity contribution in [3.63, 3.8) is 0 Å². The molecule has 13 heteroatoms. The van der Waals surface area contributed by atoms with Gasteiger partial charge in [0, 0.05) is 11.9 Å². The smallest absolute Gasteiger partial charge is 0.306 e. The molecule has 0 radical (unpaired) electrons. The molecule has 0 aliphatic heterocycles. The van der Waals surface area contributed by atoms with Crippen molar-refractivity contribution < 1.29 is 13.2 Å². The second-order valence-corrected chi connectivity index (χ2v) is 8.33. The predicted molar refractivity (Wildman–Crippen MR) is 115 cm³/mol. The highest BCUT2D eigenvalue weighted by atomic mass is 35.5. The van der Waals surface area contributed by atoms with Crippen LogP contribution in [0.4, 0.5) is 13.2 Å². The lowest BCUT2D eigenvalue weighted by molar-refractivity contribution is -0.137. The lowest BCUT2D eigenvalue weighted by Crippen LogP contribution is -2.27. The van der Waals surface area contributed by atoms with E-state index in [-0.39, 0.29) is 21.6 Å². The normalized spacial score (nSPS) is 13.2. The Labute approximate surface area is 186 Å². The van der Waals surface area contributed by atoms with E-state index in [1.807, 2.05) is 4.98 Å². The standard InChI is InChI=1S/C19H15ClF3N5O3S/c1-2-9(28-18(31)27-6-4-3-5-12(27)26-28)8-32-15-13(20)11(19(21,22)23)7-10-14(15)24-17(30)25-16(10)29/h3-7,9H,2,8H2,1H3,(H2,24,25,29,30). The fraction of sp³-hybridized carbons (Fsp3) is 0.263. The number of pyridine rings is 1. The summed E-state index contributed by atoms with van der Waals surface area (Å²) < 4.78 is 43.2. The third-order valence-corrected chi connectivity index (χ3v) is 6.68. The number of alkyl halides is 3. The molecule has 0 aliphatic carbocycles. The lowest BCUT2D eigenvalue weighted by atomic mass is 10.1. The van der Waals surface area contributed by atoms with Gasteiger partial charge >= 0.3 is 17.6 Å². The van der Waals surface area contributed by atoms with Crippen molar-refractivity contribution in [2.24, 2.45) is 0 Å². The highest BCUT2D eigenvalue weighted by molar-refractivity contribution is 7.99. The number of benzene rings is 1. The predicted octanol–water partition coefficient (Wildman–Crippen LogP) is 3.44. The van der Waals surface area contributed by atoms with Crippen LogP contribution in [0.2, 0.25) is 5.02 Å². The van der Waals surface area contributed by atoms with E-state index in [0.29, 0.717) is 18.1 Å². The van der Waals surface area contributed by atoms with Gasteiger partial charge in [-0.3, -0.25) is 14.2 Å². The summed E-state index contributed by atoms with van der Waals surface area (Å²) in [7, 11) is 0. The highest BCUT2D eigenvalue weighted by Gasteiger charge is 2.36. The molecule has 3 heterocycles. The van der Waals surface area contributed by atoms with Gasteiger partial charge in [-0.25, -0.2) is 14.3 Å². The summed E-state index contributed by atoms with van der Waals surface area (Å²) >= 11 is 6.99. The molecule has 2 N–H and O–H groups in total. The number of nitrogens with zero attached hydrogens (tertiary/aromatic N) is 3. The molecule has 1 atom stereocenters. The van der Waals surface area contributed by atoms with Crippen molar-refractivity contribution in [2.45, 2.75) is 30.5 Å². The molecule has 0 bridgehead atoms. The molecule has 4 rings (SSSR count). The number of aromatic nitrogens is 5. The van der Waals surface area contributed by atoms with E-state index in [0.717, 1.165) is 11.8 Å². The van der Waals surface area contributed by atoms with Crippen molar-refractivity contribution in [3.05, 3.63) is 72.4 Å². The average molecular weight is 486 g/mol. The van der Waals surface area contributed by atoms with Crippen LogP contribution in [0.25, 0.3) is 16.6 Å². The number of rotatable bonds is 5. The number of fused-ring (bicyclic) bond motifs is 2. The molecule has 0 saturated heterocycles. The van der Waals surface area contributed by atoms with Crippen LogP contribution in [0.5, 0.6) is 0 Å². The summed E-state index contributed by atoms with van der Waals surface area (Å²) in [5, 5.41) is 3.32. The number of hydrogen-bond acceptors (Lipinski definition) is 5. The van der Waals surface area contributed by atoms with E-state index in [9.17, 15) is 27.6 Å². The maximum absolute atomic E-state index is 13.5. The molecular formula is C19H15ClF3N5O3S. The fourth-order valence-corrected chi connectivity index (χ4v) is 5.01. The molecule has 0 aliphatic rings. The number of hydrogen-bond donors (Lipinski definition) is 2. The minimum absolute atomic E-state index is 0.0982. The second kappa shape index (κ2) is 8.17. The van der Waals surface area contributed by atoms with Crippen molar-refractivity contribution in [3.8, 4) is 0 Å². The summed E-state index contributed by atoms with van der Waals surface area (Å²) in [6.07, 6.45) is -2.80. The van der Waals surface area contributed by atoms with E-state index < -0.39 is 39.7 Å². The topological polar surface area (TPSA) is 105 Å². The van der Waals surface area contributed by atoms with Crippen LogP contribution in [0, 0.1) is 0 Å². The number of thioether (sulfide) groups is 1. The van der Waals surface area contributed by atoms with Crippen LogP contribution in [-0.4, -0.2) is 29.9 Å². The van der Waals surface area contributed by atoms with Gasteiger partial charge in [0.2, 0.25) is 0 Å². The molecule has 168 valence electrons. The molecule has 4 aromatic rings. The monoisotopic (exact) mass is 485 g/mol. The summed E-state index contributed by atoms with van der Waals surface area (Å²) in [6.45, 7) is 1.81. The Balaban J connectivity index is 1.81. The summed E-state index contributed by atoms with van der Waals surface area (Å²) in [5.74, 6) is 0.116. The number of aromatic amines is 2. The van der Waals surface area contributed by atoms with E-state index in [2.05, 4.69) is 10.1 Å². The van der Waals surface area contributed by atoms with Gasteiger partial charge in [0.05, 0.1) is 32.4 Å². The van der Waals surface area contributed by atoms with E-state index in [4.69, 9.17) is 11.6 Å². The number of H-pyrrole nitrogens is 2. The van der Waals surface area contributed by atoms with Crippen molar-refractivity contribution in [2.75, 3.05) is 5.75 Å². The molecule has 32 heavy (non-hydrogen) atoms. The quantitative estimate of drug-likeness (QED) is 0.421. The van der Waals surface area contributed by atoms with E-state index >= 15 is 0 Å². The van der Waals surface area contributed by atoms with Crippen LogP contribution < -0.4 is 16.9 Å². The molecule has 1 unspecified atom stereocenters. The first-order chi connectivity index (χ1) is 15.1. The second-order valence-electron chi connectivity index (χ2n) is 6.92. The molecular weight excluding hydrogens is 471 g/mol. The Hall–Kier alpha value is -2.99. The van der Waals surface area contributed by atoms with Crippen molar-refractivity contribution >= 4 is 39.9 Å². The molecule has 3 aromatic heterocycles. The molecule has 0 fully saturated rings. The van der Waals surface area contributed by atoms with Crippen molar-refractivity contribution in [1.29, 1.82) is 0 Å². The number of halogens is 4. The van der Waals surface area contributed by atoms with Gasteiger partial charge in [-0.15, -0.1) is 16.9 Å². The maximum Gasteiger partial charge on any atom is 0.417 e. The van der Waals surface area contributed by atoms with Gasteiger partial charge in [-0.1, -0.05) is 24.6 Å². The van der Waals surface area contributed by atoms with Crippen LogP contribution in [0.1, 0.15) is 24.9 Å². The van der Waals surface area contributed by atoms with Crippen LogP contribution in [0.15, 0.2) is 49.7 Å². The molecule has 0 amide bonds. The lowest BCUT2D eigenvalue weighted by Gasteiger charge is -2.17. The van der Waals surface area contributed by atoms with Crippen LogP contribution >= 0.6 is 23.4 Å². The third kappa shape index (κ3) is 3.84. The SMILES string of the molecule is CCC(CSc1c(Cl)c(C(F)(F)F)cc2c(=O)[nH]c(=O)[nH]c12)n1nc2ccccn2c1=O. The Morgan fingerprint density at radius 3 is 2.62 bits per heavy atom. The minimum Gasteiger partial charge on any atom is -0.306 e. The number of nitrogens with one attached hydrogen (secondary N) is 2. The fourth-order valence-electron chi connectivity index (χ4n) is 3.31. The summed E-state index contributed by atoms with van der Waals surface area (Å²) in [4.78, 5) is 40.8. The Bertz CT molecular complexity index is 1500. The summed E-state index contributed by atoms with van der Waals surface area (Å²) in [5.41, 5.74) is -3.08. The Morgan fingerprint density at radius 2 is 1.97 bits per heavy atom. The highest BCUT2D eigenvalue weighted by Crippen LogP contribution is 2.43. The molecule has 0 spiro atoms. The average Bonchev–Trinajstić information content (AvgIpc) is 3.05. The van der Waals surface area contributed by atoms with Gasteiger partial charge < -0.3 is 4.98 Å². The summed E-state index contributed by atoms with van der Waals surface area (Å²) in [6, 6.07) is 5.19. The van der Waals surface area contributed by atoms with Gasteiger partial charge in [0.1, 0.15) is 0 Å². The van der Waals surface area contributed by atoms with Gasteiger partial charge in [-0.05, 0) is 24.6 Å². The Kier molecular flexibility index (Phi) is 5.67.